The third kappa shape index (κ3) is 9.75. The van der Waals surface area contributed by atoms with E-state index in [2.05, 4.69) is 55.6 Å². The third-order valence-electron chi connectivity index (χ3n) is 3.17. The van der Waals surface area contributed by atoms with E-state index >= 15 is 0 Å². The average Bonchev–Trinajstić information content (AvgIpc) is 3.28. The van der Waals surface area contributed by atoms with Crippen molar-refractivity contribution in [2.45, 2.75) is 26.4 Å². The third-order valence-corrected chi connectivity index (χ3v) is 3.17. The fourth-order valence-corrected chi connectivity index (χ4v) is 2.32. The molecule has 0 atom stereocenters. The molecule has 137 valence electrons. The summed E-state index contributed by atoms with van der Waals surface area (Å²) in [6, 6.07) is 28.1. The molecule has 0 aromatic heterocycles. The van der Waals surface area contributed by atoms with Gasteiger partial charge in [0, 0.05) is 9.52 Å². The van der Waals surface area contributed by atoms with Gasteiger partial charge in [0.05, 0.1) is 0 Å². The van der Waals surface area contributed by atoms with Gasteiger partial charge in [0.1, 0.15) is 0 Å². The summed E-state index contributed by atoms with van der Waals surface area (Å²) in [5.41, 5.74) is 5.51. The zero-order chi connectivity index (χ0) is 17.6. The van der Waals surface area contributed by atoms with Crippen molar-refractivity contribution in [1.29, 1.82) is 0 Å². The predicted molar refractivity (Wildman–Crippen MR) is 121 cm³/mol. The van der Waals surface area contributed by atoms with Gasteiger partial charge in [-0.1, -0.05) is 48.5 Å². The van der Waals surface area contributed by atoms with Gasteiger partial charge in [0.2, 0.25) is 0 Å². The minimum atomic E-state index is 0. The Morgan fingerprint density at radius 2 is 1.50 bits per heavy atom. The average molecular weight is 438 g/mol. The maximum Gasteiger partial charge on any atom is 0.0213 e. The largest absolute Gasteiger partial charge is 0.214 e. The Morgan fingerprint density at radius 1 is 0.962 bits per heavy atom. The molecule has 0 N–H and O–H groups in total. The van der Waals surface area contributed by atoms with Gasteiger partial charge in [-0.2, -0.15) is 48.0 Å². The van der Waals surface area contributed by atoms with Crippen LogP contribution >= 0.6 is 24.8 Å². The van der Waals surface area contributed by atoms with E-state index < -0.39 is 0 Å². The summed E-state index contributed by atoms with van der Waals surface area (Å²) >= 11 is 2.00. The van der Waals surface area contributed by atoms with E-state index in [1.807, 2.05) is 67.6 Å². The van der Waals surface area contributed by atoms with E-state index in [4.69, 9.17) is 0 Å². The van der Waals surface area contributed by atoms with E-state index in [9.17, 15) is 0 Å². The zero-order valence-corrected chi connectivity index (χ0v) is 20.0. The molecular formula is C22H27Cl2SiTi. The molecule has 26 heavy (non-hydrogen) atoms. The van der Waals surface area contributed by atoms with Gasteiger partial charge < -0.3 is 0 Å². The molecule has 0 heterocycles. The van der Waals surface area contributed by atoms with Crippen LogP contribution in [0.5, 0.6) is 0 Å². The zero-order valence-electron chi connectivity index (χ0n) is 15.6. The van der Waals surface area contributed by atoms with Gasteiger partial charge in [-0.3, -0.25) is 0 Å². The molecule has 3 aromatic carbocycles. The van der Waals surface area contributed by atoms with E-state index in [1.165, 1.54) is 22.3 Å². The van der Waals surface area contributed by atoms with Crippen LogP contribution in [-0.4, -0.2) is 13.8 Å². The molecular weight excluding hydrogens is 411 g/mol. The summed E-state index contributed by atoms with van der Waals surface area (Å²) in [5, 5.41) is 0. The fraction of sp³-hybridized carbons (Fsp3) is 0.182. The topological polar surface area (TPSA) is 0 Å². The second-order valence-corrected chi connectivity index (χ2v) is 7.28. The molecule has 4 heteroatoms. The molecule has 0 bridgehead atoms. The molecule has 0 fully saturated rings. The fourth-order valence-electron chi connectivity index (χ4n) is 2.32. The number of halogens is 2. The van der Waals surface area contributed by atoms with Crippen molar-refractivity contribution < 1.29 is 20.0 Å². The Hall–Kier alpha value is -0.829. The molecule has 0 unspecified atom stereocenters. The van der Waals surface area contributed by atoms with Crippen molar-refractivity contribution in [3.8, 4) is 11.1 Å². The molecule has 0 aliphatic heterocycles. The van der Waals surface area contributed by atoms with Crippen LogP contribution < -0.4 is 0 Å². The molecule has 4 rings (SSSR count). The number of rotatable bonds is 0. The van der Waals surface area contributed by atoms with E-state index in [0.717, 1.165) is 15.9 Å². The first-order chi connectivity index (χ1) is 11.8. The molecule has 1 aliphatic rings. The van der Waals surface area contributed by atoms with Gasteiger partial charge in [-0.05, 0) is 6.42 Å². The van der Waals surface area contributed by atoms with Crippen LogP contribution in [-0.2, 0) is 26.4 Å². The smallest absolute Gasteiger partial charge is 0.0213 e. The second kappa shape index (κ2) is 17.6. The van der Waals surface area contributed by atoms with Gasteiger partial charge in [0.25, 0.3) is 0 Å². The molecule has 0 saturated heterocycles. The van der Waals surface area contributed by atoms with Crippen molar-refractivity contribution in [1.82, 2.24) is 0 Å². The summed E-state index contributed by atoms with van der Waals surface area (Å²) in [7, 11) is 0.750. The number of hydrogen-bond donors (Lipinski definition) is 0. The molecule has 3 aromatic rings. The van der Waals surface area contributed by atoms with Crippen LogP contribution in [0.4, 0.5) is 0 Å². The van der Waals surface area contributed by atoms with Crippen LogP contribution in [0.1, 0.15) is 18.1 Å². The molecule has 0 amide bonds. The van der Waals surface area contributed by atoms with Crippen LogP contribution in [0.25, 0.3) is 11.1 Å². The Bertz CT molecular complexity index is 636. The maximum absolute atomic E-state index is 3.30. The summed E-state index contributed by atoms with van der Waals surface area (Å²) in [6.45, 7) is 6.42. The van der Waals surface area contributed by atoms with Crippen LogP contribution in [0.3, 0.4) is 0 Å². The molecule has 0 spiro atoms. The predicted octanol–water partition coefficient (Wildman–Crippen LogP) is 6.18. The Kier molecular flexibility index (Phi) is 18.5. The standard InChI is InChI=1S/C13H9.C5H5.C2H7Si.C2H4.2ClH.Ti/c1-3-7-12-10(5-1)9-11-6-2-4-8-13(11)12;1-2-4-5-3-1;1-3-2;1-2;;;/h1-5,7-8H,9H2;1-5H;3H,1-2H3;1H,2H3;2*1H;/q2*-1;;;;;+2. The minimum Gasteiger partial charge on any atom is -0.214 e. The Morgan fingerprint density at radius 3 is 2.04 bits per heavy atom. The molecule has 0 saturated carbocycles. The first-order valence-corrected chi connectivity index (χ1v) is 11.4. The molecule has 1 radical (unpaired) electrons. The summed E-state index contributed by atoms with van der Waals surface area (Å²) in [4.78, 5) is 0. The van der Waals surface area contributed by atoms with Gasteiger partial charge in [-0.15, -0.1) is 30.4 Å². The minimum absolute atomic E-state index is 0. The first kappa shape index (κ1) is 27.4. The summed E-state index contributed by atoms with van der Waals surface area (Å²) in [6.07, 6.45) is 1.05. The second-order valence-electron chi connectivity index (χ2n) is 5.22. The van der Waals surface area contributed by atoms with Crippen molar-refractivity contribution in [3.05, 3.63) is 90.0 Å². The van der Waals surface area contributed by atoms with Crippen molar-refractivity contribution >= 4 is 38.6 Å². The normalized spacial score (nSPS) is 8.96. The van der Waals surface area contributed by atoms with E-state index in [1.54, 1.807) is 0 Å². The van der Waals surface area contributed by atoms with Crippen LogP contribution in [0.15, 0.2) is 72.8 Å². The van der Waals surface area contributed by atoms with E-state index in [-0.39, 0.29) is 24.8 Å². The van der Waals surface area contributed by atoms with Crippen molar-refractivity contribution in [2.75, 3.05) is 0 Å². The quantitative estimate of drug-likeness (QED) is 0.227. The Labute approximate surface area is 185 Å². The monoisotopic (exact) mass is 437 g/mol. The summed E-state index contributed by atoms with van der Waals surface area (Å²) < 4.78 is 2.00. The van der Waals surface area contributed by atoms with Crippen LogP contribution in [0.2, 0.25) is 13.1 Å². The SMILES string of the molecule is C[CH]=[Ti+2].C[SiH]C.Cl.Cl.[c-]1cccc2c1Cc1ccccc1-2.c1cc[cH-]c1. The van der Waals surface area contributed by atoms with Gasteiger partial charge in [-0.25, -0.2) is 12.1 Å². The van der Waals surface area contributed by atoms with Crippen molar-refractivity contribution in [3.63, 3.8) is 0 Å². The van der Waals surface area contributed by atoms with Crippen LogP contribution in [0, 0.1) is 6.07 Å². The van der Waals surface area contributed by atoms with Gasteiger partial charge >= 0.3 is 31.2 Å². The molecule has 1 aliphatic carbocycles. The number of fused-ring (bicyclic) bond motifs is 3. The van der Waals surface area contributed by atoms with Gasteiger partial charge in [0.15, 0.2) is 0 Å². The first-order valence-electron chi connectivity index (χ1n) is 8.22. The number of hydrogen-bond acceptors (Lipinski definition) is 0. The molecule has 0 nitrogen and oxygen atoms in total. The Balaban J connectivity index is 0. The van der Waals surface area contributed by atoms with Crippen molar-refractivity contribution in [2.24, 2.45) is 0 Å². The van der Waals surface area contributed by atoms with E-state index in [0.29, 0.717) is 0 Å². The number of benzene rings is 2. The maximum atomic E-state index is 3.30. The summed E-state index contributed by atoms with van der Waals surface area (Å²) in [5.74, 6) is 0.